The van der Waals surface area contributed by atoms with Crippen molar-refractivity contribution in [3.05, 3.63) is 66.2 Å². The van der Waals surface area contributed by atoms with Crippen LogP contribution in [0.15, 0.2) is 65.6 Å². The van der Waals surface area contributed by atoms with E-state index in [4.69, 9.17) is 0 Å². The Morgan fingerprint density at radius 2 is 1.35 bits per heavy atom. The van der Waals surface area contributed by atoms with Crippen LogP contribution < -0.4 is 18.9 Å². The molecule has 1 unspecified atom stereocenters. The van der Waals surface area contributed by atoms with Crippen LogP contribution in [0.25, 0.3) is 0 Å². The normalized spacial score (nSPS) is 13.2. The Morgan fingerprint density at radius 1 is 0.882 bits per heavy atom. The van der Waals surface area contributed by atoms with Crippen LogP contribution >= 0.6 is 0 Å². The van der Waals surface area contributed by atoms with Gasteiger partial charge < -0.3 is 4.55 Å². The van der Waals surface area contributed by atoms with E-state index in [1.807, 2.05) is 18.2 Å². The molecule has 0 heterocycles. The molecule has 0 aliphatic rings. The van der Waals surface area contributed by atoms with Gasteiger partial charge in [0.25, 0.3) is 0 Å². The SMILES string of the molecule is O=S([O-])(=Cc1ccccc1)c1ccccc1.[Li+]. The minimum atomic E-state index is -3.34. The Kier molecular flexibility index (Phi) is 5.04. The molecule has 2 aromatic rings. The van der Waals surface area contributed by atoms with Gasteiger partial charge in [-0.15, -0.1) is 0 Å². The summed E-state index contributed by atoms with van der Waals surface area (Å²) in [5, 5.41) is 1.28. The van der Waals surface area contributed by atoms with E-state index in [2.05, 4.69) is 0 Å². The summed E-state index contributed by atoms with van der Waals surface area (Å²) < 4.78 is 23.9. The summed E-state index contributed by atoms with van der Waals surface area (Å²) in [4.78, 5) is 0.318. The van der Waals surface area contributed by atoms with Crippen LogP contribution in [0.4, 0.5) is 0 Å². The first-order valence-corrected chi connectivity index (χ1v) is 6.43. The molecule has 0 N–H and O–H groups in total. The van der Waals surface area contributed by atoms with Crippen LogP contribution in [0.2, 0.25) is 0 Å². The summed E-state index contributed by atoms with van der Waals surface area (Å²) in [6.45, 7) is 0. The molecule has 1 atom stereocenters. The number of hydrogen-bond donors (Lipinski definition) is 0. The van der Waals surface area contributed by atoms with Gasteiger partial charge in [-0.25, -0.2) is 0 Å². The van der Waals surface area contributed by atoms with E-state index in [9.17, 15) is 8.76 Å². The Labute approximate surface area is 114 Å². The minimum absolute atomic E-state index is 0. The zero-order valence-electron chi connectivity index (χ0n) is 9.58. The second-order valence-electron chi connectivity index (χ2n) is 3.39. The van der Waals surface area contributed by atoms with Crippen molar-refractivity contribution in [2.75, 3.05) is 0 Å². The predicted molar refractivity (Wildman–Crippen MR) is 65.2 cm³/mol. The first-order valence-electron chi connectivity index (χ1n) is 4.88. The van der Waals surface area contributed by atoms with Crippen LogP contribution in [0, 0.1) is 0 Å². The van der Waals surface area contributed by atoms with Crippen LogP contribution in [-0.4, -0.2) is 14.1 Å². The maximum Gasteiger partial charge on any atom is 1.00 e. The van der Waals surface area contributed by atoms with Crippen molar-refractivity contribution >= 4 is 15.2 Å². The standard InChI is InChI=1S/C13H12O2S.Li/c14-16(15,13-9-5-2-6-10-13)11-12-7-3-1-4-8-12;/h1-11H,(H,14,15);/q;+1/p-1. The smallest absolute Gasteiger partial charge is 0.774 e. The van der Waals surface area contributed by atoms with E-state index in [1.165, 1.54) is 5.37 Å². The fraction of sp³-hybridized carbons (Fsp3) is 0. The van der Waals surface area contributed by atoms with Gasteiger partial charge >= 0.3 is 18.9 Å². The van der Waals surface area contributed by atoms with Crippen LogP contribution in [-0.2, 0) is 9.80 Å². The van der Waals surface area contributed by atoms with Gasteiger partial charge in [-0.05, 0) is 23.1 Å². The van der Waals surface area contributed by atoms with E-state index in [0.29, 0.717) is 10.5 Å². The molecule has 0 saturated heterocycles. The van der Waals surface area contributed by atoms with Crippen molar-refractivity contribution in [1.29, 1.82) is 0 Å². The number of rotatable bonds is 2. The van der Waals surface area contributed by atoms with Crippen molar-refractivity contribution < 1.29 is 27.6 Å². The first-order chi connectivity index (χ1) is 7.68. The van der Waals surface area contributed by atoms with Gasteiger partial charge in [0.15, 0.2) is 0 Å². The van der Waals surface area contributed by atoms with Crippen molar-refractivity contribution in [2.45, 2.75) is 4.90 Å². The summed E-state index contributed by atoms with van der Waals surface area (Å²) >= 11 is 0. The topological polar surface area (TPSA) is 40.1 Å². The summed E-state index contributed by atoms with van der Waals surface area (Å²) in [6, 6.07) is 17.4. The van der Waals surface area contributed by atoms with E-state index in [0.717, 1.165) is 0 Å². The second-order valence-corrected chi connectivity index (χ2v) is 5.18. The van der Waals surface area contributed by atoms with Crippen molar-refractivity contribution in [3.63, 3.8) is 0 Å². The third-order valence-electron chi connectivity index (χ3n) is 2.16. The molecule has 0 aliphatic carbocycles. The molecule has 17 heavy (non-hydrogen) atoms. The summed E-state index contributed by atoms with van der Waals surface area (Å²) in [6.07, 6.45) is 0. The molecular weight excluding hydrogens is 227 g/mol. The molecule has 2 nitrogen and oxygen atoms in total. The number of benzene rings is 2. The Hall–Kier alpha value is -0.983. The Bertz CT molecular complexity index is 573. The van der Waals surface area contributed by atoms with E-state index < -0.39 is 9.80 Å². The van der Waals surface area contributed by atoms with Gasteiger partial charge in [0.1, 0.15) is 0 Å². The molecule has 2 rings (SSSR count). The van der Waals surface area contributed by atoms with Gasteiger partial charge in [0, 0.05) is 4.90 Å². The predicted octanol–water partition coefficient (Wildman–Crippen LogP) is -0.685. The van der Waals surface area contributed by atoms with Gasteiger partial charge in [-0.3, -0.25) is 4.21 Å². The van der Waals surface area contributed by atoms with Gasteiger partial charge in [-0.1, -0.05) is 58.3 Å². The fourth-order valence-electron chi connectivity index (χ4n) is 1.39. The monoisotopic (exact) mass is 238 g/mol. The molecule has 0 radical (unpaired) electrons. The molecule has 0 aromatic heterocycles. The van der Waals surface area contributed by atoms with E-state index in [-0.39, 0.29) is 18.9 Å². The molecule has 4 heteroatoms. The summed E-state index contributed by atoms with van der Waals surface area (Å²) in [7, 11) is -3.34. The second kappa shape index (κ2) is 6.09. The summed E-state index contributed by atoms with van der Waals surface area (Å²) in [5.41, 5.74) is 0.686. The average Bonchev–Trinajstić information content (AvgIpc) is 2.31. The van der Waals surface area contributed by atoms with E-state index in [1.54, 1.807) is 42.5 Å². The molecule has 0 spiro atoms. The molecule has 0 bridgehead atoms. The van der Waals surface area contributed by atoms with Crippen LogP contribution in [0.5, 0.6) is 0 Å². The average molecular weight is 238 g/mol. The van der Waals surface area contributed by atoms with Gasteiger partial charge in [-0.2, -0.15) is 0 Å². The minimum Gasteiger partial charge on any atom is -0.774 e. The zero-order chi connectivity index (χ0) is 11.4. The summed E-state index contributed by atoms with van der Waals surface area (Å²) in [5.74, 6) is 0. The molecule has 2 aromatic carbocycles. The molecular formula is C13H11LiO2S. The van der Waals surface area contributed by atoms with Crippen molar-refractivity contribution in [3.8, 4) is 0 Å². The molecule has 82 valence electrons. The fourth-order valence-corrected chi connectivity index (χ4v) is 2.58. The third-order valence-corrected chi connectivity index (χ3v) is 3.67. The Balaban J connectivity index is 0.00000144. The largest absolute Gasteiger partial charge is 1.00 e. The van der Waals surface area contributed by atoms with Gasteiger partial charge in [0.2, 0.25) is 0 Å². The third kappa shape index (κ3) is 3.76. The van der Waals surface area contributed by atoms with Crippen LogP contribution in [0.1, 0.15) is 5.56 Å². The maximum atomic E-state index is 11.9. The first kappa shape index (κ1) is 14.1. The van der Waals surface area contributed by atoms with Crippen LogP contribution in [0.3, 0.4) is 0 Å². The molecule has 0 fully saturated rings. The maximum absolute atomic E-state index is 11.9. The van der Waals surface area contributed by atoms with Crippen molar-refractivity contribution in [1.82, 2.24) is 0 Å². The molecule has 0 aliphatic heterocycles. The Morgan fingerprint density at radius 3 is 1.88 bits per heavy atom. The number of hydrogen-bond acceptors (Lipinski definition) is 2. The quantitative estimate of drug-likeness (QED) is 0.513. The van der Waals surface area contributed by atoms with Gasteiger partial charge in [0.05, 0.1) is 0 Å². The van der Waals surface area contributed by atoms with E-state index >= 15 is 0 Å². The molecule has 0 amide bonds. The molecule has 0 saturated carbocycles. The van der Waals surface area contributed by atoms with Crippen molar-refractivity contribution in [2.24, 2.45) is 0 Å². The zero-order valence-corrected chi connectivity index (χ0v) is 10.4.